The largest absolute Gasteiger partial charge is 0.496 e. The van der Waals surface area contributed by atoms with Crippen LogP contribution in [0.1, 0.15) is 12.0 Å². The molecule has 0 atom stereocenters. The van der Waals surface area contributed by atoms with Crippen molar-refractivity contribution in [2.75, 3.05) is 34.3 Å². The van der Waals surface area contributed by atoms with Crippen LogP contribution in [0.4, 0.5) is 0 Å². The normalized spacial score (nSPS) is 10.5. The van der Waals surface area contributed by atoms with Crippen molar-refractivity contribution >= 4 is 23.1 Å². The molecule has 21 heavy (non-hydrogen) atoms. The van der Waals surface area contributed by atoms with E-state index in [2.05, 4.69) is 0 Å². The minimum Gasteiger partial charge on any atom is -0.496 e. The van der Waals surface area contributed by atoms with Crippen molar-refractivity contribution in [3.05, 3.63) is 29.8 Å². The molecule has 6 heteroatoms. The summed E-state index contributed by atoms with van der Waals surface area (Å²) in [6, 6.07) is 7.80. The Morgan fingerprint density at radius 3 is 2.62 bits per heavy atom. The SMILES string of the molecule is COc1ccccc1CN(C)CC(=O)N(C)CCC(N)=S. The van der Waals surface area contributed by atoms with Crippen LogP contribution >= 0.6 is 12.2 Å². The standard InChI is InChI=1S/C15H23N3O2S/c1-17(10-12-6-4-5-7-13(12)20-3)11-15(19)18(2)9-8-14(16)21/h4-7H,8-11H2,1-3H3,(H2,16,21). The minimum absolute atomic E-state index is 0.0450. The second kappa shape index (κ2) is 8.59. The highest BCUT2D eigenvalue weighted by Gasteiger charge is 2.13. The summed E-state index contributed by atoms with van der Waals surface area (Å²) in [5, 5.41) is 0. The third-order valence-corrected chi connectivity index (χ3v) is 3.36. The fourth-order valence-electron chi connectivity index (χ4n) is 1.93. The first kappa shape index (κ1) is 17.4. The molecule has 0 fully saturated rings. The second-order valence-electron chi connectivity index (χ2n) is 5.02. The first-order chi connectivity index (χ1) is 9.93. The van der Waals surface area contributed by atoms with Crippen molar-refractivity contribution in [3.8, 4) is 5.75 Å². The smallest absolute Gasteiger partial charge is 0.236 e. The zero-order valence-corrected chi connectivity index (χ0v) is 13.7. The van der Waals surface area contributed by atoms with Crippen molar-refractivity contribution in [2.45, 2.75) is 13.0 Å². The molecule has 0 aromatic heterocycles. The van der Waals surface area contributed by atoms with Gasteiger partial charge in [-0.1, -0.05) is 30.4 Å². The number of amides is 1. The number of carbonyl (C=O) groups excluding carboxylic acids is 1. The molecule has 1 aromatic rings. The van der Waals surface area contributed by atoms with Gasteiger partial charge in [-0.25, -0.2) is 0 Å². The Labute approximate surface area is 131 Å². The first-order valence-electron chi connectivity index (χ1n) is 6.76. The summed E-state index contributed by atoms with van der Waals surface area (Å²) in [6.45, 7) is 1.54. The zero-order chi connectivity index (χ0) is 15.8. The van der Waals surface area contributed by atoms with Crippen LogP contribution < -0.4 is 10.5 Å². The number of hydrogen-bond donors (Lipinski definition) is 1. The molecule has 0 saturated heterocycles. The van der Waals surface area contributed by atoms with Crippen molar-refractivity contribution in [2.24, 2.45) is 5.73 Å². The maximum atomic E-state index is 12.1. The predicted octanol–water partition coefficient (Wildman–Crippen LogP) is 1.26. The lowest BCUT2D eigenvalue weighted by Gasteiger charge is -2.22. The highest BCUT2D eigenvalue weighted by molar-refractivity contribution is 7.80. The number of nitrogens with two attached hydrogens (primary N) is 1. The van der Waals surface area contributed by atoms with E-state index in [0.717, 1.165) is 11.3 Å². The number of nitrogens with zero attached hydrogens (tertiary/aromatic N) is 2. The van der Waals surface area contributed by atoms with Gasteiger partial charge in [0.25, 0.3) is 0 Å². The molecular formula is C15H23N3O2S. The van der Waals surface area contributed by atoms with Crippen molar-refractivity contribution < 1.29 is 9.53 Å². The van der Waals surface area contributed by atoms with Gasteiger partial charge < -0.3 is 15.4 Å². The summed E-state index contributed by atoms with van der Waals surface area (Å²) in [5.74, 6) is 0.877. The molecule has 0 bridgehead atoms. The highest BCUT2D eigenvalue weighted by Crippen LogP contribution is 2.18. The molecule has 0 spiro atoms. The van der Waals surface area contributed by atoms with E-state index in [4.69, 9.17) is 22.7 Å². The molecule has 1 aromatic carbocycles. The number of thiocarbonyl (C=S) groups is 1. The molecule has 1 rings (SSSR count). The van der Waals surface area contributed by atoms with Crippen LogP contribution in [-0.2, 0) is 11.3 Å². The van der Waals surface area contributed by atoms with Crippen molar-refractivity contribution in [3.63, 3.8) is 0 Å². The first-order valence-corrected chi connectivity index (χ1v) is 7.17. The Bertz CT molecular complexity index is 494. The summed E-state index contributed by atoms with van der Waals surface area (Å²) in [5.41, 5.74) is 6.50. The van der Waals surface area contributed by atoms with Crippen LogP contribution in [0, 0.1) is 0 Å². The van der Waals surface area contributed by atoms with E-state index in [1.54, 1.807) is 19.1 Å². The van der Waals surface area contributed by atoms with Crippen molar-refractivity contribution in [1.29, 1.82) is 0 Å². The summed E-state index contributed by atoms with van der Waals surface area (Å²) < 4.78 is 5.31. The Hall–Kier alpha value is -1.66. The van der Waals surface area contributed by atoms with Crippen LogP contribution in [0.15, 0.2) is 24.3 Å². The number of rotatable bonds is 8. The molecule has 0 aliphatic carbocycles. The number of para-hydroxylation sites is 1. The Morgan fingerprint density at radius 2 is 2.00 bits per heavy atom. The average Bonchev–Trinajstić information content (AvgIpc) is 2.44. The molecule has 0 aliphatic heterocycles. The highest BCUT2D eigenvalue weighted by atomic mass is 32.1. The van der Waals surface area contributed by atoms with Gasteiger partial charge in [-0.2, -0.15) is 0 Å². The number of carbonyl (C=O) groups is 1. The number of hydrogen-bond acceptors (Lipinski definition) is 4. The topological polar surface area (TPSA) is 58.8 Å². The van der Waals surface area contributed by atoms with E-state index in [1.807, 2.05) is 36.2 Å². The fourth-order valence-corrected chi connectivity index (χ4v) is 2.03. The molecule has 2 N–H and O–H groups in total. The van der Waals surface area contributed by atoms with E-state index in [-0.39, 0.29) is 5.91 Å². The van der Waals surface area contributed by atoms with E-state index in [9.17, 15) is 4.79 Å². The van der Waals surface area contributed by atoms with Gasteiger partial charge in [0, 0.05) is 32.1 Å². The number of likely N-dealkylation sites (N-methyl/N-ethyl adjacent to an activating group) is 2. The van der Waals surface area contributed by atoms with Gasteiger partial charge in [-0.05, 0) is 13.1 Å². The zero-order valence-electron chi connectivity index (χ0n) is 12.8. The molecule has 0 unspecified atom stereocenters. The van der Waals surface area contributed by atoms with E-state index >= 15 is 0 Å². The average molecular weight is 309 g/mol. The summed E-state index contributed by atoms with van der Waals surface area (Å²) >= 11 is 4.82. The fraction of sp³-hybridized carbons (Fsp3) is 0.467. The van der Waals surface area contributed by atoms with Crippen LogP contribution in [0.5, 0.6) is 5.75 Å². The van der Waals surface area contributed by atoms with Crippen LogP contribution in [-0.4, -0.2) is 55.0 Å². The van der Waals surface area contributed by atoms with E-state index < -0.39 is 0 Å². The quantitative estimate of drug-likeness (QED) is 0.733. The summed E-state index contributed by atoms with van der Waals surface area (Å²) in [4.78, 5) is 16.1. The minimum atomic E-state index is 0.0450. The van der Waals surface area contributed by atoms with Gasteiger partial charge in [0.1, 0.15) is 5.75 Å². The summed E-state index contributed by atoms with van der Waals surface area (Å²) in [7, 11) is 5.32. The van der Waals surface area contributed by atoms with Gasteiger partial charge in [-0.3, -0.25) is 9.69 Å². The molecular weight excluding hydrogens is 286 g/mol. The van der Waals surface area contributed by atoms with E-state index in [1.165, 1.54) is 0 Å². The number of methoxy groups -OCH3 is 1. The molecule has 116 valence electrons. The predicted molar refractivity (Wildman–Crippen MR) is 88.4 cm³/mol. The number of benzene rings is 1. The van der Waals surface area contributed by atoms with Gasteiger partial charge in [-0.15, -0.1) is 0 Å². The molecule has 0 saturated carbocycles. The molecule has 0 aliphatic rings. The van der Waals surface area contributed by atoms with Crippen molar-refractivity contribution in [1.82, 2.24) is 9.80 Å². The van der Waals surface area contributed by atoms with Gasteiger partial charge >= 0.3 is 0 Å². The van der Waals surface area contributed by atoms with Crippen LogP contribution in [0.2, 0.25) is 0 Å². The summed E-state index contributed by atoms with van der Waals surface area (Å²) in [6.07, 6.45) is 0.549. The third-order valence-electron chi connectivity index (χ3n) is 3.16. The molecule has 5 nitrogen and oxygen atoms in total. The lowest BCUT2D eigenvalue weighted by molar-refractivity contribution is -0.130. The third kappa shape index (κ3) is 6.10. The molecule has 0 radical (unpaired) electrons. The maximum absolute atomic E-state index is 12.1. The van der Waals surface area contributed by atoms with Crippen LogP contribution in [0.3, 0.4) is 0 Å². The lowest BCUT2D eigenvalue weighted by atomic mass is 10.2. The molecule has 1 amide bonds. The number of ether oxygens (including phenoxy) is 1. The Kier molecular flexibility index (Phi) is 7.11. The maximum Gasteiger partial charge on any atom is 0.236 e. The second-order valence-corrected chi connectivity index (χ2v) is 5.54. The Morgan fingerprint density at radius 1 is 1.33 bits per heavy atom. The van der Waals surface area contributed by atoms with Gasteiger partial charge in [0.2, 0.25) is 5.91 Å². The van der Waals surface area contributed by atoms with Gasteiger partial charge in [0.15, 0.2) is 0 Å². The monoisotopic (exact) mass is 309 g/mol. The van der Waals surface area contributed by atoms with E-state index in [0.29, 0.717) is 31.0 Å². The molecule has 0 heterocycles. The lowest BCUT2D eigenvalue weighted by Crippen LogP contribution is -2.37. The van der Waals surface area contributed by atoms with Crippen LogP contribution in [0.25, 0.3) is 0 Å². The Balaban J connectivity index is 2.51. The van der Waals surface area contributed by atoms with Gasteiger partial charge in [0.05, 0.1) is 18.6 Å².